The largest absolute Gasteiger partial charge is 0.493 e. The SMILES string of the molecule is CCOc1cc2c(cc1C(=O)NCC(C)(F)F)nc(Cc1c(Cl)ccc(CNC(=O)C(C)(C)C)c1Cl)n2C. The van der Waals surface area contributed by atoms with Crippen molar-refractivity contribution in [2.45, 2.75) is 53.5 Å². The molecule has 0 saturated carbocycles. The number of nitrogens with one attached hydrogen (secondary N) is 2. The Bertz CT molecular complexity index is 1360. The highest BCUT2D eigenvalue weighted by molar-refractivity contribution is 6.36. The minimum absolute atomic E-state index is 0.104. The Morgan fingerprint density at radius 1 is 1.11 bits per heavy atom. The van der Waals surface area contributed by atoms with Crippen LogP contribution < -0.4 is 15.4 Å². The van der Waals surface area contributed by atoms with Crippen LogP contribution in [0.1, 0.15) is 61.9 Å². The van der Waals surface area contributed by atoms with Crippen LogP contribution in [-0.2, 0) is 24.8 Å². The van der Waals surface area contributed by atoms with Crippen LogP contribution in [0.15, 0.2) is 24.3 Å². The highest BCUT2D eigenvalue weighted by atomic mass is 35.5. The predicted molar refractivity (Wildman–Crippen MR) is 145 cm³/mol. The Morgan fingerprint density at radius 2 is 1.79 bits per heavy atom. The second-order valence-corrected chi connectivity index (χ2v) is 11.0. The molecule has 11 heteroatoms. The molecule has 0 unspecified atom stereocenters. The molecule has 1 aromatic heterocycles. The number of alkyl halides is 2. The Balaban J connectivity index is 1.95. The summed E-state index contributed by atoms with van der Waals surface area (Å²) in [6.07, 6.45) is 0.275. The van der Waals surface area contributed by atoms with Crippen molar-refractivity contribution in [2.24, 2.45) is 12.5 Å². The van der Waals surface area contributed by atoms with Crippen LogP contribution in [0.5, 0.6) is 5.75 Å². The van der Waals surface area contributed by atoms with E-state index in [1.165, 1.54) is 6.07 Å². The van der Waals surface area contributed by atoms with Gasteiger partial charge in [0.25, 0.3) is 11.8 Å². The van der Waals surface area contributed by atoms with Gasteiger partial charge in [0.2, 0.25) is 5.91 Å². The van der Waals surface area contributed by atoms with E-state index in [2.05, 4.69) is 15.6 Å². The lowest BCUT2D eigenvalue weighted by Gasteiger charge is -2.18. The highest BCUT2D eigenvalue weighted by Crippen LogP contribution is 2.32. The molecule has 7 nitrogen and oxygen atoms in total. The first kappa shape index (κ1) is 29.6. The zero-order valence-electron chi connectivity index (χ0n) is 22.3. The Hall–Kier alpha value is -2.91. The molecular formula is C27H32Cl2F2N4O3. The summed E-state index contributed by atoms with van der Waals surface area (Å²) in [6, 6.07) is 6.68. The summed E-state index contributed by atoms with van der Waals surface area (Å²) in [6.45, 7) is 7.71. The van der Waals surface area contributed by atoms with E-state index in [9.17, 15) is 18.4 Å². The molecule has 206 valence electrons. The van der Waals surface area contributed by atoms with Gasteiger partial charge in [-0.15, -0.1) is 0 Å². The molecule has 0 fully saturated rings. The average Bonchev–Trinajstić information content (AvgIpc) is 3.12. The van der Waals surface area contributed by atoms with Crippen LogP contribution in [0.2, 0.25) is 10.0 Å². The standard InChI is InChI=1S/C27H32Cl2F2N4O3/c1-7-38-21-12-20-19(10-17(21)24(36)33-14-27(5,30)31)34-22(35(20)6)11-16-18(28)9-8-15(23(16)29)13-32-25(37)26(2,3)4/h8-10,12H,7,11,13-14H2,1-6H3,(H,32,37)(H,33,36). The Labute approximate surface area is 230 Å². The summed E-state index contributed by atoms with van der Waals surface area (Å²) in [5, 5.41) is 6.01. The van der Waals surface area contributed by atoms with Crippen molar-refractivity contribution < 1.29 is 23.1 Å². The van der Waals surface area contributed by atoms with E-state index in [-0.39, 0.29) is 36.8 Å². The maximum Gasteiger partial charge on any atom is 0.262 e. The second kappa shape index (κ2) is 11.5. The molecule has 3 aromatic rings. The molecule has 38 heavy (non-hydrogen) atoms. The molecule has 2 N–H and O–H groups in total. The van der Waals surface area contributed by atoms with Crippen LogP contribution in [-0.4, -0.2) is 40.4 Å². The summed E-state index contributed by atoms with van der Waals surface area (Å²) in [5.74, 6) is -2.96. The molecule has 0 atom stereocenters. The topological polar surface area (TPSA) is 85.2 Å². The number of aryl methyl sites for hydroxylation is 1. The number of amides is 2. The lowest BCUT2D eigenvalue weighted by molar-refractivity contribution is -0.128. The molecule has 0 aliphatic carbocycles. The van der Waals surface area contributed by atoms with Gasteiger partial charge in [0.15, 0.2) is 0 Å². The van der Waals surface area contributed by atoms with Gasteiger partial charge in [0.1, 0.15) is 11.6 Å². The third-order valence-electron chi connectivity index (χ3n) is 5.90. The van der Waals surface area contributed by atoms with E-state index in [1.54, 1.807) is 25.1 Å². The number of imidazole rings is 1. The van der Waals surface area contributed by atoms with Crippen molar-refractivity contribution in [1.82, 2.24) is 20.2 Å². The molecule has 0 spiro atoms. The average molecular weight is 569 g/mol. The molecule has 0 saturated heterocycles. The lowest BCUT2D eigenvalue weighted by atomic mass is 9.95. The number of rotatable bonds is 9. The number of halogens is 4. The summed E-state index contributed by atoms with van der Waals surface area (Å²) in [7, 11) is 1.81. The van der Waals surface area contributed by atoms with Crippen molar-refractivity contribution in [3.8, 4) is 5.75 Å². The van der Waals surface area contributed by atoms with E-state index in [0.29, 0.717) is 38.0 Å². The quantitative estimate of drug-likeness (QED) is 0.335. The number of fused-ring (bicyclic) bond motifs is 1. The minimum Gasteiger partial charge on any atom is -0.493 e. The zero-order valence-corrected chi connectivity index (χ0v) is 23.8. The molecule has 0 radical (unpaired) electrons. The van der Waals surface area contributed by atoms with Crippen LogP contribution in [0.4, 0.5) is 8.78 Å². The molecule has 2 amide bonds. The number of benzene rings is 2. The Kier molecular flexibility index (Phi) is 8.93. The minimum atomic E-state index is -3.05. The van der Waals surface area contributed by atoms with E-state index in [0.717, 1.165) is 6.92 Å². The van der Waals surface area contributed by atoms with Gasteiger partial charge in [-0.05, 0) is 30.2 Å². The zero-order chi connectivity index (χ0) is 28.4. The molecule has 0 aliphatic heterocycles. The fraction of sp³-hybridized carbons (Fsp3) is 0.444. The predicted octanol–water partition coefficient (Wildman–Crippen LogP) is 5.92. The van der Waals surface area contributed by atoms with Gasteiger partial charge in [-0.25, -0.2) is 13.8 Å². The first-order chi connectivity index (χ1) is 17.6. The summed E-state index contributed by atoms with van der Waals surface area (Å²) < 4.78 is 34.1. The van der Waals surface area contributed by atoms with Gasteiger partial charge in [-0.1, -0.05) is 50.0 Å². The van der Waals surface area contributed by atoms with Crippen molar-refractivity contribution >= 4 is 46.0 Å². The molecule has 0 bridgehead atoms. The fourth-order valence-electron chi connectivity index (χ4n) is 3.75. The highest BCUT2D eigenvalue weighted by Gasteiger charge is 2.25. The molecule has 3 rings (SSSR count). The second-order valence-electron chi connectivity index (χ2n) is 10.2. The third-order valence-corrected chi connectivity index (χ3v) is 6.73. The van der Waals surface area contributed by atoms with Gasteiger partial charge >= 0.3 is 0 Å². The number of carbonyl (C=O) groups excluding carboxylic acids is 2. The van der Waals surface area contributed by atoms with E-state index >= 15 is 0 Å². The smallest absolute Gasteiger partial charge is 0.262 e. The van der Waals surface area contributed by atoms with Crippen LogP contribution in [0.3, 0.4) is 0 Å². The monoisotopic (exact) mass is 568 g/mol. The molecule has 0 aliphatic rings. The van der Waals surface area contributed by atoms with Gasteiger partial charge < -0.3 is 19.9 Å². The number of ether oxygens (including phenoxy) is 1. The summed E-state index contributed by atoms with van der Waals surface area (Å²) in [4.78, 5) is 29.7. The number of hydrogen-bond acceptors (Lipinski definition) is 4. The Morgan fingerprint density at radius 3 is 2.39 bits per heavy atom. The first-order valence-corrected chi connectivity index (χ1v) is 12.9. The van der Waals surface area contributed by atoms with Crippen molar-refractivity contribution in [2.75, 3.05) is 13.2 Å². The first-order valence-electron chi connectivity index (χ1n) is 12.1. The van der Waals surface area contributed by atoms with Crippen molar-refractivity contribution in [3.05, 3.63) is 56.8 Å². The number of carbonyl (C=O) groups is 2. The van der Waals surface area contributed by atoms with Crippen LogP contribution >= 0.6 is 23.2 Å². The van der Waals surface area contributed by atoms with Crippen molar-refractivity contribution in [1.29, 1.82) is 0 Å². The maximum absolute atomic E-state index is 13.3. The van der Waals surface area contributed by atoms with Gasteiger partial charge in [0.05, 0.1) is 34.8 Å². The summed E-state index contributed by atoms with van der Waals surface area (Å²) >= 11 is 13.2. The molecular weight excluding hydrogens is 537 g/mol. The third kappa shape index (κ3) is 6.94. The van der Waals surface area contributed by atoms with Gasteiger partial charge in [0, 0.05) is 43.4 Å². The normalized spacial score (nSPS) is 12.1. The van der Waals surface area contributed by atoms with Crippen LogP contribution in [0.25, 0.3) is 11.0 Å². The number of aromatic nitrogens is 2. The maximum atomic E-state index is 13.3. The van der Waals surface area contributed by atoms with E-state index in [1.807, 2.05) is 32.4 Å². The van der Waals surface area contributed by atoms with E-state index in [4.69, 9.17) is 27.9 Å². The number of nitrogens with zero attached hydrogens (tertiary/aromatic N) is 2. The van der Waals surface area contributed by atoms with Crippen molar-refractivity contribution in [3.63, 3.8) is 0 Å². The van der Waals surface area contributed by atoms with Gasteiger partial charge in [-0.2, -0.15) is 0 Å². The van der Waals surface area contributed by atoms with E-state index < -0.39 is 23.8 Å². The fourth-order valence-corrected chi connectivity index (χ4v) is 4.32. The molecule has 1 heterocycles. The van der Waals surface area contributed by atoms with Crippen LogP contribution in [0, 0.1) is 5.41 Å². The number of hydrogen-bond donors (Lipinski definition) is 2. The summed E-state index contributed by atoms with van der Waals surface area (Å²) in [5.41, 5.74) is 2.10. The van der Waals surface area contributed by atoms with Gasteiger partial charge in [-0.3, -0.25) is 9.59 Å². The molecule has 2 aromatic carbocycles. The lowest BCUT2D eigenvalue weighted by Crippen LogP contribution is -2.34.